The van der Waals surface area contributed by atoms with E-state index in [0.717, 1.165) is 23.2 Å². The highest BCUT2D eigenvalue weighted by Gasteiger charge is 2.20. The molecule has 2 unspecified atom stereocenters. The molecule has 0 spiro atoms. The quantitative estimate of drug-likeness (QED) is 0.882. The third-order valence-corrected chi connectivity index (χ3v) is 4.10. The maximum atomic E-state index is 6.04. The lowest BCUT2D eigenvalue weighted by Crippen LogP contribution is -2.44. The molecule has 1 aliphatic heterocycles. The molecule has 2 heterocycles. The fourth-order valence-electron chi connectivity index (χ4n) is 2.65. The van der Waals surface area contributed by atoms with Gasteiger partial charge < -0.3 is 10.1 Å². The van der Waals surface area contributed by atoms with Gasteiger partial charge in [0.05, 0.1) is 5.52 Å². The van der Waals surface area contributed by atoms with Gasteiger partial charge in [-0.2, -0.15) is 0 Å². The van der Waals surface area contributed by atoms with Gasteiger partial charge in [0.2, 0.25) is 0 Å². The molecule has 0 aliphatic carbocycles. The number of rotatable bonds is 3. The lowest BCUT2D eigenvalue weighted by molar-refractivity contribution is 0.153. The van der Waals surface area contributed by atoms with Gasteiger partial charge in [0.1, 0.15) is 23.3 Å². The Morgan fingerprint density at radius 1 is 1.35 bits per heavy atom. The van der Waals surface area contributed by atoms with Crippen LogP contribution in [-0.2, 0) is 0 Å². The molecule has 1 aromatic heterocycles. The van der Waals surface area contributed by atoms with Gasteiger partial charge >= 0.3 is 0 Å². The Bertz CT molecular complexity index is 599. The summed E-state index contributed by atoms with van der Waals surface area (Å²) in [6.45, 7) is 3.19. The van der Waals surface area contributed by atoms with Gasteiger partial charge in [-0.15, -0.1) is 0 Å². The molecule has 4 nitrogen and oxygen atoms in total. The summed E-state index contributed by atoms with van der Waals surface area (Å²) in [6.07, 6.45) is 5.31. The Morgan fingerprint density at radius 3 is 3.05 bits per heavy atom. The number of nitrogens with zero attached hydrogens (tertiary/aromatic N) is 2. The van der Waals surface area contributed by atoms with Crippen molar-refractivity contribution in [3.8, 4) is 5.75 Å². The van der Waals surface area contributed by atoms with E-state index in [1.807, 2.05) is 18.2 Å². The molecule has 1 fully saturated rings. The van der Waals surface area contributed by atoms with Crippen LogP contribution in [-0.4, -0.2) is 28.7 Å². The summed E-state index contributed by atoms with van der Waals surface area (Å²) in [5, 5.41) is 4.84. The molecule has 0 saturated carbocycles. The van der Waals surface area contributed by atoms with Crippen LogP contribution in [0.5, 0.6) is 5.75 Å². The van der Waals surface area contributed by atoms with Gasteiger partial charge in [0, 0.05) is 17.5 Å². The van der Waals surface area contributed by atoms with Gasteiger partial charge in [-0.3, -0.25) is 0 Å². The lowest BCUT2D eigenvalue weighted by Gasteiger charge is -2.29. The minimum Gasteiger partial charge on any atom is -0.489 e. The molecular weight excluding hydrogens is 274 g/mol. The molecule has 1 aliphatic rings. The highest BCUT2D eigenvalue weighted by molar-refractivity contribution is 6.34. The number of fused-ring (bicyclic) bond motifs is 1. The van der Waals surface area contributed by atoms with Crippen molar-refractivity contribution in [1.82, 2.24) is 15.3 Å². The van der Waals surface area contributed by atoms with Gasteiger partial charge in [-0.1, -0.05) is 18.0 Å². The fraction of sp³-hybridized carbons (Fsp3) is 0.467. The second kappa shape index (κ2) is 5.94. The zero-order valence-electron chi connectivity index (χ0n) is 11.5. The summed E-state index contributed by atoms with van der Waals surface area (Å²) in [6, 6.07) is 6.18. The number of hydrogen-bond acceptors (Lipinski definition) is 4. The summed E-state index contributed by atoms with van der Waals surface area (Å²) in [5.41, 5.74) is 0.811. The molecule has 1 aromatic carbocycles. The molecule has 0 amide bonds. The Hall–Kier alpha value is -1.39. The zero-order valence-corrected chi connectivity index (χ0v) is 12.2. The Balaban J connectivity index is 1.77. The van der Waals surface area contributed by atoms with Crippen molar-refractivity contribution in [2.45, 2.75) is 38.3 Å². The third-order valence-electron chi connectivity index (χ3n) is 3.80. The van der Waals surface area contributed by atoms with Crippen LogP contribution in [0.15, 0.2) is 24.5 Å². The number of aromatic nitrogens is 2. The van der Waals surface area contributed by atoms with E-state index in [1.54, 1.807) is 0 Å². The number of ether oxygens (including phenoxy) is 1. The molecule has 20 heavy (non-hydrogen) atoms. The second-order valence-corrected chi connectivity index (χ2v) is 5.58. The van der Waals surface area contributed by atoms with Gasteiger partial charge in [-0.25, -0.2) is 9.97 Å². The zero-order chi connectivity index (χ0) is 13.9. The Labute approximate surface area is 123 Å². The van der Waals surface area contributed by atoms with E-state index < -0.39 is 0 Å². The average Bonchev–Trinajstić information content (AvgIpc) is 2.48. The number of nitrogens with one attached hydrogen (secondary N) is 1. The van der Waals surface area contributed by atoms with Gasteiger partial charge in [-0.05, 0) is 38.4 Å². The molecule has 106 valence electrons. The van der Waals surface area contributed by atoms with E-state index in [4.69, 9.17) is 16.3 Å². The van der Waals surface area contributed by atoms with E-state index in [-0.39, 0.29) is 6.10 Å². The molecule has 0 radical (unpaired) electrons. The van der Waals surface area contributed by atoms with Crippen LogP contribution in [0.1, 0.15) is 26.2 Å². The predicted molar refractivity (Wildman–Crippen MR) is 80.3 cm³/mol. The third kappa shape index (κ3) is 2.86. The predicted octanol–water partition coefficient (Wildman–Crippen LogP) is 3.19. The molecule has 3 rings (SSSR count). The van der Waals surface area contributed by atoms with Crippen LogP contribution in [0.3, 0.4) is 0 Å². The maximum absolute atomic E-state index is 6.04. The number of hydrogen-bond donors (Lipinski definition) is 1. The normalized spacial score (nSPS) is 20.8. The smallest absolute Gasteiger partial charge is 0.140 e. The van der Waals surface area contributed by atoms with E-state index >= 15 is 0 Å². The molecule has 0 bridgehead atoms. The van der Waals surface area contributed by atoms with Crippen LogP contribution in [0, 0.1) is 0 Å². The standard InChI is InChI=1S/C15H18ClN3O/c1-10(13-4-2-3-7-17-13)20-11-5-6-12-14(8-11)18-9-19-15(12)16/h5-6,8-10,13,17H,2-4,7H2,1H3. The molecule has 1 N–H and O–H groups in total. The SMILES string of the molecule is CC(Oc1ccc2c(Cl)ncnc2c1)C1CCCCN1. The van der Waals surface area contributed by atoms with Crippen LogP contribution in [0.2, 0.25) is 5.15 Å². The fourth-order valence-corrected chi connectivity index (χ4v) is 2.86. The van der Waals surface area contributed by atoms with Crippen molar-refractivity contribution in [1.29, 1.82) is 0 Å². The van der Waals surface area contributed by atoms with Gasteiger partial charge in [0.25, 0.3) is 0 Å². The minimum absolute atomic E-state index is 0.144. The molecule has 1 saturated heterocycles. The highest BCUT2D eigenvalue weighted by Crippen LogP contribution is 2.25. The van der Waals surface area contributed by atoms with Gasteiger partial charge in [0.15, 0.2) is 0 Å². The molecule has 2 atom stereocenters. The average molecular weight is 292 g/mol. The summed E-state index contributed by atoms with van der Waals surface area (Å²) in [5.74, 6) is 0.826. The van der Waals surface area contributed by atoms with E-state index in [9.17, 15) is 0 Å². The highest BCUT2D eigenvalue weighted by atomic mass is 35.5. The molecular formula is C15H18ClN3O. The summed E-state index contributed by atoms with van der Waals surface area (Å²) in [4.78, 5) is 8.21. The number of benzene rings is 1. The first-order chi connectivity index (χ1) is 9.74. The molecule has 2 aromatic rings. The monoisotopic (exact) mass is 291 g/mol. The lowest BCUT2D eigenvalue weighted by atomic mass is 10.0. The topological polar surface area (TPSA) is 47.0 Å². The van der Waals surface area contributed by atoms with Crippen molar-refractivity contribution >= 4 is 22.5 Å². The van der Waals surface area contributed by atoms with Crippen LogP contribution >= 0.6 is 11.6 Å². The first-order valence-electron chi connectivity index (χ1n) is 7.04. The molecule has 5 heteroatoms. The summed E-state index contributed by atoms with van der Waals surface area (Å²) >= 11 is 6.03. The Morgan fingerprint density at radius 2 is 2.25 bits per heavy atom. The van der Waals surface area contributed by atoms with E-state index in [0.29, 0.717) is 11.2 Å². The van der Waals surface area contributed by atoms with Crippen molar-refractivity contribution in [2.24, 2.45) is 0 Å². The number of halogens is 1. The summed E-state index contributed by atoms with van der Waals surface area (Å²) < 4.78 is 6.04. The minimum atomic E-state index is 0.144. The van der Waals surface area contributed by atoms with Crippen molar-refractivity contribution in [3.63, 3.8) is 0 Å². The van der Waals surface area contributed by atoms with Crippen molar-refractivity contribution in [3.05, 3.63) is 29.7 Å². The van der Waals surface area contributed by atoms with E-state index in [1.165, 1.54) is 25.6 Å². The maximum Gasteiger partial charge on any atom is 0.140 e. The van der Waals surface area contributed by atoms with Crippen LogP contribution in [0.4, 0.5) is 0 Å². The first-order valence-corrected chi connectivity index (χ1v) is 7.42. The van der Waals surface area contributed by atoms with Crippen LogP contribution < -0.4 is 10.1 Å². The second-order valence-electron chi connectivity index (χ2n) is 5.22. The van der Waals surface area contributed by atoms with Crippen LogP contribution in [0.25, 0.3) is 10.9 Å². The van der Waals surface area contributed by atoms with Crippen molar-refractivity contribution in [2.75, 3.05) is 6.54 Å². The largest absolute Gasteiger partial charge is 0.489 e. The van der Waals surface area contributed by atoms with Crippen molar-refractivity contribution < 1.29 is 4.74 Å². The first kappa shape index (κ1) is 13.6. The summed E-state index contributed by atoms with van der Waals surface area (Å²) in [7, 11) is 0. The number of piperidine rings is 1. The Kier molecular flexibility index (Phi) is 4.03. The van der Waals surface area contributed by atoms with E-state index in [2.05, 4.69) is 22.2 Å².